The first-order valence-electron chi connectivity index (χ1n) is 11.1. The molecule has 1 fully saturated rings. The molecular formula is C24H37NO7. The summed E-state index contributed by atoms with van der Waals surface area (Å²) in [5.41, 5.74) is 0.468. The van der Waals surface area contributed by atoms with Gasteiger partial charge in [-0.25, -0.2) is 9.59 Å². The van der Waals surface area contributed by atoms with E-state index in [1.165, 1.54) is 0 Å². The van der Waals surface area contributed by atoms with Crippen molar-refractivity contribution in [2.45, 2.75) is 64.4 Å². The normalized spacial score (nSPS) is 24.6. The second-order valence-electron chi connectivity index (χ2n) is 9.01. The number of esters is 1. The zero-order chi connectivity index (χ0) is 23.6. The minimum absolute atomic E-state index is 0.00746. The van der Waals surface area contributed by atoms with Crippen molar-refractivity contribution in [3.05, 3.63) is 35.9 Å². The van der Waals surface area contributed by atoms with Gasteiger partial charge in [0.25, 0.3) is 0 Å². The summed E-state index contributed by atoms with van der Waals surface area (Å²) in [6.07, 6.45) is -0.139. The molecule has 180 valence electrons. The number of hydrogen-bond donors (Lipinski definition) is 1. The highest BCUT2D eigenvalue weighted by Gasteiger charge is 2.36. The highest BCUT2D eigenvalue weighted by atomic mass is 16.6. The van der Waals surface area contributed by atoms with Crippen molar-refractivity contribution in [2.24, 2.45) is 5.92 Å². The average Bonchev–Trinajstić information content (AvgIpc) is 2.75. The van der Waals surface area contributed by atoms with Gasteiger partial charge in [0, 0.05) is 26.2 Å². The van der Waals surface area contributed by atoms with E-state index in [2.05, 4.69) is 17.4 Å². The second kappa shape index (κ2) is 12.8. The predicted octanol–water partition coefficient (Wildman–Crippen LogP) is 3.12. The topological polar surface area (TPSA) is 92.3 Å². The molecule has 0 spiro atoms. The van der Waals surface area contributed by atoms with Crippen molar-refractivity contribution in [3.8, 4) is 0 Å². The quantitative estimate of drug-likeness (QED) is 0.479. The van der Waals surface area contributed by atoms with Crippen LogP contribution in [0.5, 0.6) is 0 Å². The Morgan fingerprint density at radius 2 is 1.88 bits per heavy atom. The molecule has 1 saturated heterocycles. The zero-order valence-corrected chi connectivity index (χ0v) is 19.8. The van der Waals surface area contributed by atoms with Gasteiger partial charge in [0.05, 0.1) is 19.3 Å². The lowest BCUT2D eigenvalue weighted by molar-refractivity contribution is -0.160. The third kappa shape index (κ3) is 9.14. The van der Waals surface area contributed by atoms with E-state index < -0.39 is 29.8 Å². The summed E-state index contributed by atoms with van der Waals surface area (Å²) < 4.78 is 28.1. The Morgan fingerprint density at radius 3 is 2.53 bits per heavy atom. The Hall–Kier alpha value is -2.16. The standard InChI is InChI=1S/C24H37NO7/c1-17-21(30-13-9-12-28-5)19(14-18-10-7-6-8-11-18)15-29-16-20(22(26)31-17)25-23(27)32-24(2,3)4/h6-8,10-11,17,19-21H,9,12-16H2,1-5H3,(H,25,27). The van der Waals surface area contributed by atoms with Gasteiger partial charge < -0.3 is 29.0 Å². The van der Waals surface area contributed by atoms with Gasteiger partial charge in [-0.3, -0.25) is 0 Å². The Morgan fingerprint density at radius 1 is 1.16 bits per heavy atom. The van der Waals surface area contributed by atoms with E-state index in [0.717, 1.165) is 12.0 Å². The minimum Gasteiger partial charge on any atom is -0.458 e. The molecule has 8 heteroatoms. The van der Waals surface area contributed by atoms with Crippen LogP contribution in [0.2, 0.25) is 0 Å². The monoisotopic (exact) mass is 451 g/mol. The van der Waals surface area contributed by atoms with Gasteiger partial charge in [-0.05, 0) is 46.1 Å². The lowest BCUT2D eigenvalue weighted by Crippen LogP contribution is -2.47. The summed E-state index contributed by atoms with van der Waals surface area (Å²) in [7, 11) is 1.65. The molecule has 1 aromatic carbocycles. The number of methoxy groups -OCH3 is 1. The molecule has 1 heterocycles. The van der Waals surface area contributed by atoms with Gasteiger partial charge in [0.15, 0.2) is 6.04 Å². The molecule has 0 bridgehead atoms. The van der Waals surface area contributed by atoms with Gasteiger partial charge in [0.2, 0.25) is 0 Å². The van der Waals surface area contributed by atoms with Crippen molar-refractivity contribution in [1.29, 1.82) is 0 Å². The molecular weight excluding hydrogens is 414 g/mol. The van der Waals surface area contributed by atoms with Gasteiger partial charge >= 0.3 is 12.1 Å². The van der Waals surface area contributed by atoms with Crippen LogP contribution in [-0.2, 0) is 34.9 Å². The SMILES string of the molecule is COCCCOC1C(Cc2ccccc2)COCC(NC(=O)OC(C)(C)C)C(=O)OC1C. The molecule has 2 rings (SSSR count). The Bertz CT molecular complexity index is 704. The highest BCUT2D eigenvalue weighted by Crippen LogP contribution is 2.23. The first-order valence-corrected chi connectivity index (χ1v) is 11.1. The molecule has 0 saturated carbocycles. The van der Waals surface area contributed by atoms with Crippen molar-refractivity contribution in [3.63, 3.8) is 0 Å². The Balaban J connectivity index is 2.12. The summed E-state index contributed by atoms with van der Waals surface area (Å²) in [5.74, 6) is -0.614. The number of carbonyl (C=O) groups excluding carboxylic acids is 2. The van der Waals surface area contributed by atoms with Crippen LogP contribution in [0, 0.1) is 5.92 Å². The van der Waals surface area contributed by atoms with E-state index in [1.54, 1.807) is 27.9 Å². The van der Waals surface area contributed by atoms with Crippen LogP contribution in [0.15, 0.2) is 30.3 Å². The van der Waals surface area contributed by atoms with Crippen LogP contribution in [0.25, 0.3) is 0 Å². The lowest BCUT2D eigenvalue weighted by Gasteiger charge is -2.31. The van der Waals surface area contributed by atoms with Crippen LogP contribution < -0.4 is 5.32 Å². The summed E-state index contributed by atoms with van der Waals surface area (Å²) in [5, 5.41) is 2.56. The van der Waals surface area contributed by atoms with Crippen LogP contribution in [0.3, 0.4) is 0 Å². The van der Waals surface area contributed by atoms with Crippen molar-refractivity contribution >= 4 is 12.1 Å². The van der Waals surface area contributed by atoms with Gasteiger partial charge in [-0.2, -0.15) is 0 Å². The zero-order valence-electron chi connectivity index (χ0n) is 19.8. The molecule has 4 unspecified atom stereocenters. The van der Waals surface area contributed by atoms with Crippen LogP contribution in [0.4, 0.5) is 4.79 Å². The van der Waals surface area contributed by atoms with Gasteiger partial charge in [0.1, 0.15) is 11.7 Å². The third-order valence-corrected chi connectivity index (χ3v) is 4.97. The summed E-state index contributed by atoms with van der Waals surface area (Å²) >= 11 is 0. The van der Waals surface area contributed by atoms with Crippen LogP contribution in [-0.4, -0.2) is 69.5 Å². The molecule has 1 N–H and O–H groups in total. The molecule has 0 aliphatic carbocycles. The average molecular weight is 452 g/mol. The third-order valence-electron chi connectivity index (χ3n) is 4.97. The van der Waals surface area contributed by atoms with Crippen molar-refractivity contribution < 1.29 is 33.3 Å². The number of amides is 1. The van der Waals surface area contributed by atoms with E-state index >= 15 is 0 Å². The molecule has 0 aromatic heterocycles. The molecule has 4 atom stereocenters. The molecule has 8 nitrogen and oxygen atoms in total. The van der Waals surface area contributed by atoms with Crippen molar-refractivity contribution in [2.75, 3.05) is 33.5 Å². The molecule has 0 radical (unpaired) electrons. The van der Waals surface area contributed by atoms with Gasteiger partial charge in [-0.15, -0.1) is 0 Å². The number of rotatable bonds is 8. The number of carbonyl (C=O) groups is 2. The fraction of sp³-hybridized carbons (Fsp3) is 0.667. The number of benzene rings is 1. The number of alkyl carbamates (subject to hydrolysis) is 1. The smallest absolute Gasteiger partial charge is 0.408 e. The summed E-state index contributed by atoms with van der Waals surface area (Å²) in [4.78, 5) is 24.9. The maximum Gasteiger partial charge on any atom is 0.408 e. The van der Waals surface area contributed by atoms with Crippen LogP contribution >= 0.6 is 0 Å². The minimum atomic E-state index is -0.961. The summed E-state index contributed by atoms with van der Waals surface area (Å²) in [6.45, 7) is 8.50. The first kappa shape index (κ1) is 26.1. The fourth-order valence-electron chi connectivity index (χ4n) is 3.55. The number of cyclic esters (lactones) is 1. The predicted molar refractivity (Wildman–Crippen MR) is 119 cm³/mol. The second-order valence-corrected chi connectivity index (χ2v) is 9.01. The number of ether oxygens (including phenoxy) is 5. The van der Waals surface area contributed by atoms with Crippen LogP contribution in [0.1, 0.15) is 39.7 Å². The van der Waals surface area contributed by atoms with E-state index in [1.807, 2.05) is 25.1 Å². The number of nitrogens with one attached hydrogen (secondary N) is 1. The maximum absolute atomic E-state index is 12.8. The van der Waals surface area contributed by atoms with Crippen molar-refractivity contribution in [1.82, 2.24) is 5.32 Å². The molecule has 1 aliphatic rings. The van der Waals surface area contributed by atoms with E-state index in [4.69, 9.17) is 23.7 Å². The lowest BCUT2D eigenvalue weighted by atomic mass is 9.91. The molecule has 1 aliphatic heterocycles. The highest BCUT2D eigenvalue weighted by molar-refractivity contribution is 5.81. The first-order chi connectivity index (χ1) is 15.2. The largest absolute Gasteiger partial charge is 0.458 e. The Kier molecular flexibility index (Phi) is 10.4. The maximum atomic E-state index is 12.8. The van der Waals surface area contributed by atoms with E-state index in [9.17, 15) is 9.59 Å². The van der Waals surface area contributed by atoms with E-state index in [0.29, 0.717) is 26.2 Å². The number of hydrogen-bond acceptors (Lipinski definition) is 7. The molecule has 1 aromatic rings. The Labute approximate surface area is 190 Å². The summed E-state index contributed by atoms with van der Waals surface area (Å²) in [6, 6.07) is 9.10. The molecule has 32 heavy (non-hydrogen) atoms. The fourth-order valence-corrected chi connectivity index (χ4v) is 3.55. The molecule has 1 amide bonds. The van der Waals surface area contributed by atoms with Gasteiger partial charge in [-0.1, -0.05) is 30.3 Å². The van der Waals surface area contributed by atoms with E-state index in [-0.39, 0.29) is 18.6 Å².